The van der Waals surface area contributed by atoms with Crippen molar-refractivity contribution in [2.45, 2.75) is 64.0 Å². The quantitative estimate of drug-likeness (QED) is 0.425. The lowest BCUT2D eigenvalue weighted by atomic mass is 9.95. The molecule has 0 heterocycles. The Hall–Kier alpha value is -2.39. The Labute approximate surface area is 223 Å². The fourth-order valence-corrected chi connectivity index (χ4v) is 5.91. The molecule has 9 heteroatoms. The highest BCUT2D eigenvalue weighted by atomic mass is 79.9. The van der Waals surface area contributed by atoms with Crippen LogP contribution in [-0.4, -0.2) is 56.6 Å². The molecule has 0 spiro atoms. The third-order valence-electron chi connectivity index (χ3n) is 6.60. The Balaban J connectivity index is 1.85. The summed E-state index contributed by atoms with van der Waals surface area (Å²) >= 11 is 3.37. The van der Waals surface area contributed by atoms with Gasteiger partial charge in [-0.3, -0.25) is 13.9 Å². The molecule has 0 radical (unpaired) electrons. The summed E-state index contributed by atoms with van der Waals surface area (Å²) in [5.74, 6) is -0.568. The highest BCUT2D eigenvalue weighted by molar-refractivity contribution is 9.10. The molecule has 2 aromatic rings. The number of carbonyl (C=O) groups excluding carboxylic acids is 2. The van der Waals surface area contributed by atoms with Crippen molar-refractivity contribution < 1.29 is 18.0 Å². The van der Waals surface area contributed by atoms with E-state index in [-0.39, 0.29) is 18.5 Å². The molecule has 0 bridgehead atoms. The molecule has 2 aromatic carbocycles. The lowest BCUT2D eigenvalue weighted by Crippen LogP contribution is -2.54. The van der Waals surface area contributed by atoms with Crippen molar-refractivity contribution in [3.05, 3.63) is 64.6 Å². The van der Waals surface area contributed by atoms with Crippen LogP contribution in [0.2, 0.25) is 0 Å². The number of hydrogen-bond donors (Lipinski definition) is 1. The summed E-state index contributed by atoms with van der Waals surface area (Å²) in [5, 5.41) is 3.16. The van der Waals surface area contributed by atoms with E-state index in [1.807, 2.05) is 37.3 Å². The molecule has 0 aliphatic heterocycles. The molecule has 0 unspecified atom stereocenters. The second-order valence-corrected chi connectivity index (χ2v) is 12.2. The molecule has 1 fully saturated rings. The maximum Gasteiger partial charge on any atom is 0.244 e. The van der Waals surface area contributed by atoms with E-state index in [2.05, 4.69) is 21.2 Å². The fraction of sp³-hybridized carbons (Fsp3) is 0.481. The Morgan fingerprint density at radius 3 is 2.36 bits per heavy atom. The number of anilines is 1. The zero-order valence-corrected chi connectivity index (χ0v) is 23.4. The van der Waals surface area contributed by atoms with Crippen molar-refractivity contribution >= 4 is 43.5 Å². The van der Waals surface area contributed by atoms with Crippen molar-refractivity contribution in [2.75, 3.05) is 23.7 Å². The van der Waals surface area contributed by atoms with Gasteiger partial charge in [-0.15, -0.1) is 0 Å². The van der Waals surface area contributed by atoms with E-state index in [1.165, 1.54) is 6.42 Å². The normalized spacial score (nSPS) is 15.2. The van der Waals surface area contributed by atoms with E-state index in [0.717, 1.165) is 41.8 Å². The first-order chi connectivity index (χ1) is 17.2. The van der Waals surface area contributed by atoms with Crippen LogP contribution in [0.15, 0.2) is 59.1 Å². The van der Waals surface area contributed by atoms with Crippen LogP contribution in [0.4, 0.5) is 5.69 Å². The summed E-state index contributed by atoms with van der Waals surface area (Å²) in [6, 6.07) is 16.1. The molecule has 7 nitrogen and oxygen atoms in total. The van der Waals surface area contributed by atoms with Crippen molar-refractivity contribution in [1.29, 1.82) is 0 Å². The second-order valence-electron chi connectivity index (χ2n) is 9.34. The number of amides is 2. The van der Waals surface area contributed by atoms with E-state index in [9.17, 15) is 18.0 Å². The van der Waals surface area contributed by atoms with E-state index < -0.39 is 22.0 Å². The highest BCUT2D eigenvalue weighted by Gasteiger charge is 2.32. The molecule has 0 aromatic heterocycles. The molecule has 36 heavy (non-hydrogen) atoms. The van der Waals surface area contributed by atoms with Gasteiger partial charge in [-0.05, 0) is 49.4 Å². The van der Waals surface area contributed by atoms with E-state index in [4.69, 9.17) is 0 Å². The average molecular weight is 579 g/mol. The van der Waals surface area contributed by atoms with Crippen LogP contribution in [-0.2, 0) is 26.0 Å². The molecule has 3 rings (SSSR count). The molecule has 196 valence electrons. The van der Waals surface area contributed by atoms with Crippen LogP contribution in [0, 0.1) is 0 Å². The number of rotatable bonds is 11. The minimum absolute atomic E-state index is 0.126. The zero-order valence-electron chi connectivity index (χ0n) is 21.0. The molecule has 2 amide bonds. The smallest absolute Gasteiger partial charge is 0.244 e. The van der Waals surface area contributed by atoms with Crippen molar-refractivity contribution in [2.24, 2.45) is 0 Å². The monoisotopic (exact) mass is 577 g/mol. The molecule has 1 aliphatic carbocycles. The standard InChI is InChI=1S/C27H36BrN3O4S/c1-3-25(27(33)29-23-14-8-5-9-15-23)30(18-17-21-11-6-4-7-12-21)26(32)20-31(36(2,34)35)24-16-10-13-22(28)19-24/h4,6-7,10-13,16,19,23,25H,3,5,8-9,14-15,17-18,20H2,1-2H3,(H,29,33)/t25-/m0/s1. The Morgan fingerprint density at radius 2 is 1.75 bits per heavy atom. The van der Waals surface area contributed by atoms with Crippen molar-refractivity contribution in [3.8, 4) is 0 Å². The van der Waals surface area contributed by atoms with Crippen molar-refractivity contribution in [1.82, 2.24) is 10.2 Å². The first-order valence-corrected chi connectivity index (χ1v) is 15.2. The van der Waals surface area contributed by atoms with Gasteiger partial charge in [-0.25, -0.2) is 8.42 Å². The van der Waals surface area contributed by atoms with Crippen LogP contribution in [0.25, 0.3) is 0 Å². The van der Waals surface area contributed by atoms with E-state index in [1.54, 1.807) is 29.2 Å². The van der Waals surface area contributed by atoms with Gasteiger partial charge < -0.3 is 10.2 Å². The number of halogens is 1. The van der Waals surface area contributed by atoms with Crippen molar-refractivity contribution in [3.63, 3.8) is 0 Å². The van der Waals surface area contributed by atoms with Crippen LogP contribution >= 0.6 is 15.9 Å². The van der Waals surface area contributed by atoms with Crippen LogP contribution < -0.4 is 9.62 Å². The molecule has 1 atom stereocenters. The molecule has 0 saturated heterocycles. The summed E-state index contributed by atoms with van der Waals surface area (Å²) in [7, 11) is -3.74. The third-order valence-corrected chi connectivity index (χ3v) is 8.23. The summed E-state index contributed by atoms with van der Waals surface area (Å²) in [5.41, 5.74) is 1.44. The van der Waals surface area contributed by atoms with Gasteiger partial charge in [0, 0.05) is 17.1 Å². The molecule has 1 saturated carbocycles. The van der Waals surface area contributed by atoms with Gasteiger partial charge in [0.15, 0.2) is 0 Å². The second kappa shape index (κ2) is 13.2. The maximum atomic E-state index is 13.7. The largest absolute Gasteiger partial charge is 0.352 e. The van der Waals surface area contributed by atoms with Gasteiger partial charge in [0.25, 0.3) is 0 Å². The summed E-state index contributed by atoms with van der Waals surface area (Å²) in [4.78, 5) is 28.6. The Bertz CT molecular complexity index is 1120. The first kappa shape index (κ1) is 28.2. The lowest BCUT2D eigenvalue weighted by Gasteiger charge is -2.34. The topological polar surface area (TPSA) is 86.8 Å². The number of nitrogens with one attached hydrogen (secondary N) is 1. The summed E-state index contributed by atoms with van der Waals surface area (Å²) < 4.78 is 27.2. The Morgan fingerprint density at radius 1 is 1.06 bits per heavy atom. The van der Waals surface area contributed by atoms with Gasteiger partial charge in [-0.1, -0.05) is 78.5 Å². The van der Waals surface area contributed by atoms with Crippen LogP contribution in [0.5, 0.6) is 0 Å². The lowest BCUT2D eigenvalue weighted by molar-refractivity contribution is -0.140. The van der Waals surface area contributed by atoms with Gasteiger partial charge in [0.1, 0.15) is 12.6 Å². The third kappa shape index (κ3) is 8.06. The summed E-state index contributed by atoms with van der Waals surface area (Å²) in [6.45, 7) is 1.82. The molecular weight excluding hydrogens is 542 g/mol. The number of hydrogen-bond acceptors (Lipinski definition) is 4. The highest BCUT2D eigenvalue weighted by Crippen LogP contribution is 2.23. The Kier molecular flexibility index (Phi) is 10.4. The molecule has 1 N–H and O–H groups in total. The summed E-state index contributed by atoms with van der Waals surface area (Å²) in [6.07, 6.45) is 7.35. The zero-order chi connectivity index (χ0) is 26.1. The average Bonchev–Trinajstić information content (AvgIpc) is 2.85. The SMILES string of the molecule is CC[C@@H](C(=O)NC1CCCCC1)N(CCc1ccccc1)C(=O)CN(c1cccc(Br)c1)S(C)(=O)=O. The minimum atomic E-state index is -3.74. The van der Waals surface area contributed by atoms with Gasteiger partial charge in [0.05, 0.1) is 11.9 Å². The number of nitrogens with zero attached hydrogens (tertiary/aromatic N) is 2. The van der Waals surface area contributed by atoms with E-state index >= 15 is 0 Å². The van der Waals surface area contributed by atoms with Crippen LogP contribution in [0.3, 0.4) is 0 Å². The minimum Gasteiger partial charge on any atom is -0.352 e. The van der Waals surface area contributed by atoms with E-state index in [0.29, 0.717) is 29.5 Å². The number of benzene rings is 2. The van der Waals surface area contributed by atoms with Crippen LogP contribution in [0.1, 0.15) is 51.0 Å². The van der Waals surface area contributed by atoms with Gasteiger partial charge >= 0.3 is 0 Å². The van der Waals surface area contributed by atoms with Gasteiger partial charge in [0.2, 0.25) is 21.8 Å². The number of carbonyl (C=O) groups is 2. The van der Waals surface area contributed by atoms with Gasteiger partial charge in [-0.2, -0.15) is 0 Å². The number of sulfonamides is 1. The molecule has 1 aliphatic rings. The first-order valence-electron chi connectivity index (χ1n) is 12.6. The predicted molar refractivity (Wildman–Crippen MR) is 147 cm³/mol. The fourth-order valence-electron chi connectivity index (χ4n) is 4.69. The maximum absolute atomic E-state index is 13.7. The predicted octanol–water partition coefficient (Wildman–Crippen LogP) is 4.51. The molecular formula is C27H36BrN3O4S.